The quantitative estimate of drug-likeness (QED) is 0.722. The summed E-state index contributed by atoms with van der Waals surface area (Å²) in [7, 11) is 1.68. The minimum atomic E-state index is 0.494. The zero-order valence-electron chi connectivity index (χ0n) is 14.8. The highest BCUT2D eigenvalue weighted by Gasteiger charge is 2.15. The van der Waals surface area contributed by atoms with Gasteiger partial charge in [0, 0.05) is 23.2 Å². The molecule has 1 fully saturated rings. The molecule has 1 saturated carbocycles. The third kappa shape index (κ3) is 5.13. The van der Waals surface area contributed by atoms with E-state index in [-0.39, 0.29) is 0 Å². The molecule has 0 aromatic heterocycles. The lowest BCUT2D eigenvalue weighted by molar-refractivity contribution is 0.279. The average molecular weight is 360 g/mol. The summed E-state index contributed by atoms with van der Waals surface area (Å²) in [6, 6.07) is 14.4. The Bertz CT molecular complexity index is 666. The molecule has 4 heteroatoms. The van der Waals surface area contributed by atoms with E-state index >= 15 is 0 Å². The van der Waals surface area contributed by atoms with E-state index in [0.29, 0.717) is 12.6 Å². The molecule has 0 amide bonds. The minimum absolute atomic E-state index is 0.494. The molecule has 0 spiro atoms. The highest BCUT2D eigenvalue weighted by Crippen LogP contribution is 2.32. The molecule has 1 aliphatic carbocycles. The Hall–Kier alpha value is -1.71. The van der Waals surface area contributed by atoms with Crippen LogP contribution in [0.2, 0.25) is 5.02 Å². The van der Waals surface area contributed by atoms with Crippen molar-refractivity contribution < 1.29 is 9.47 Å². The summed E-state index contributed by atoms with van der Waals surface area (Å²) in [6.45, 7) is 1.30. The Morgan fingerprint density at radius 1 is 1.04 bits per heavy atom. The first-order valence-electron chi connectivity index (χ1n) is 9.03. The molecule has 134 valence electrons. The van der Waals surface area contributed by atoms with Crippen LogP contribution in [0.5, 0.6) is 11.5 Å². The SMILES string of the molecule is COc1cccc(CNC2CCCCC2)c1OCc1ccc(Cl)cc1. The van der Waals surface area contributed by atoms with Crippen LogP contribution >= 0.6 is 11.6 Å². The molecule has 0 aliphatic heterocycles. The fourth-order valence-corrected chi connectivity index (χ4v) is 3.45. The number of ether oxygens (including phenoxy) is 2. The maximum atomic E-state index is 6.12. The molecule has 2 aromatic carbocycles. The van der Waals surface area contributed by atoms with Gasteiger partial charge in [-0.3, -0.25) is 0 Å². The maximum absolute atomic E-state index is 6.12. The van der Waals surface area contributed by atoms with Crippen LogP contribution in [0.4, 0.5) is 0 Å². The van der Waals surface area contributed by atoms with Crippen molar-refractivity contribution in [2.24, 2.45) is 0 Å². The van der Waals surface area contributed by atoms with Gasteiger partial charge in [0.15, 0.2) is 11.5 Å². The van der Waals surface area contributed by atoms with Gasteiger partial charge in [0.25, 0.3) is 0 Å². The van der Waals surface area contributed by atoms with Crippen molar-refractivity contribution in [2.45, 2.75) is 51.3 Å². The van der Waals surface area contributed by atoms with Gasteiger partial charge in [-0.25, -0.2) is 0 Å². The van der Waals surface area contributed by atoms with Crippen LogP contribution in [0.15, 0.2) is 42.5 Å². The molecule has 25 heavy (non-hydrogen) atoms. The van der Waals surface area contributed by atoms with Crippen molar-refractivity contribution in [2.75, 3.05) is 7.11 Å². The molecule has 0 saturated heterocycles. The second kappa shape index (κ2) is 9.12. The zero-order chi connectivity index (χ0) is 17.5. The first-order chi connectivity index (χ1) is 12.3. The monoisotopic (exact) mass is 359 g/mol. The topological polar surface area (TPSA) is 30.5 Å². The number of hydrogen-bond acceptors (Lipinski definition) is 3. The minimum Gasteiger partial charge on any atom is -0.493 e. The average Bonchev–Trinajstić information content (AvgIpc) is 2.67. The van der Waals surface area contributed by atoms with Gasteiger partial charge in [0.1, 0.15) is 6.61 Å². The van der Waals surface area contributed by atoms with E-state index in [1.54, 1.807) is 7.11 Å². The van der Waals surface area contributed by atoms with Gasteiger partial charge < -0.3 is 14.8 Å². The van der Waals surface area contributed by atoms with Crippen LogP contribution in [0.25, 0.3) is 0 Å². The van der Waals surface area contributed by atoms with Crippen molar-refractivity contribution in [3.63, 3.8) is 0 Å². The molecule has 0 atom stereocenters. The third-order valence-corrected chi connectivity index (χ3v) is 5.02. The molecule has 2 aromatic rings. The molecule has 0 bridgehead atoms. The van der Waals surface area contributed by atoms with E-state index in [1.807, 2.05) is 36.4 Å². The number of nitrogens with one attached hydrogen (secondary N) is 1. The number of para-hydroxylation sites is 1. The molecule has 3 nitrogen and oxygen atoms in total. The Morgan fingerprint density at radius 3 is 2.52 bits per heavy atom. The number of benzene rings is 2. The molecule has 3 rings (SSSR count). The van der Waals surface area contributed by atoms with Crippen molar-refractivity contribution in [1.29, 1.82) is 0 Å². The van der Waals surface area contributed by atoms with E-state index < -0.39 is 0 Å². The molecule has 1 aliphatic rings. The van der Waals surface area contributed by atoms with Crippen molar-refractivity contribution in [1.82, 2.24) is 5.32 Å². The highest BCUT2D eigenvalue weighted by atomic mass is 35.5. The molecule has 0 unspecified atom stereocenters. The summed E-state index contributed by atoms with van der Waals surface area (Å²) in [5.41, 5.74) is 2.22. The van der Waals surface area contributed by atoms with E-state index in [2.05, 4.69) is 11.4 Å². The largest absolute Gasteiger partial charge is 0.493 e. The lowest BCUT2D eigenvalue weighted by atomic mass is 9.95. The normalized spacial score (nSPS) is 15.1. The molecular weight excluding hydrogens is 334 g/mol. The first-order valence-corrected chi connectivity index (χ1v) is 9.40. The number of methoxy groups -OCH3 is 1. The molecule has 0 radical (unpaired) electrons. The lowest BCUT2D eigenvalue weighted by Crippen LogP contribution is -2.30. The fourth-order valence-electron chi connectivity index (χ4n) is 3.32. The Morgan fingerprint density at radius 2 is 1.80 bits per heavy atom. The highest BCUT2D eigenvalue weighted by molar-refractivity contribution is 6.30. The number of halogens is 1. The van der Waals surface area contributed by atoms with Crippen LogP contribution in [0.3, 0.4) is 0 Å². The lowest BCUT2D eigenvalue weighted by Gasteiger charge is -2.24. The van der Waals surface area contributed by atoms with Crippen molar-refractivity contribution in [3.8, 4) is 11.5 Å². The first kappa shape index (κ1) is 18.1. The van der Waals surface area contributed by atoms with E-state index in [9.17, 15) is 0 Å². The second-order valence-electron chi connectivity index (χ2n) is 6.58. The van der Waals surface area contributed by atoms with Crippen molar-refractivity contribution in [3.05, 3.63) is 58.6 Å². The third-order valence-electron chi connectivity index (χ3n) is 4.76. The van der Waals surface area contributed by atoms with E-state index in [0.717, 1.165) is 34.2 Å². The Labute approximate surface area is 155 Å². The van der Waals surface area contributed by atoms with E-state index in [1.165, 1.54) is 32.1 Å². The zero-order valence-corrected chi connectivity index (χ0v) is 15.5. The number of rotatable bonds is 7. The van der Waals surface area contributed by atoms with Crippen LogP contribution in [-0.4, -0.2) is 13.2 Å². The summed E-state index contributed by atoms with van der Waals surface area (Å²) in [4.78, 5) is 0. The number of hydrogen-bond donors (Lipinski definition) is 1. The van der Waals surface area contributed by atoms with Gasteiger partial charge >= 0.3 is 0 Å². The molecule has 0 heterocycles. The van der Waals surface area contributed by atoms with Gasteiger partial charge in [0.2, 0.25) is 0 Å². The summed E-state index contributed by atoms with van der Waals surface area (Å²) < 4.78 is 11.6. The Balaban J connectivity index is 1.68. The maximum Gasteiger partial charge on any atom is 0.166 e. The van der Waals surface area contributed by atoms with E-state index in [4.69, 9.17) is 21.1 Å². The second-order valence-corrected chi connectivity index (χ2v) is 7.02. The summed E-state index contributed by atoms with van der Waals surface area (Å²) >= 11 is 5.95. The Kier molecular flexibility index (Phi) is 6.60. The van der Waals surface area contributed by atoms with Crippen LogP contribution < -0.4 is 14.8 Å². The molecular formula is C21H26ClNO2. The standard InChI is InChI=1S/C21H26ClNO2/c1-24-20-9-5-6-17(14-23-19-7-3-2-4-8-19)21(20)25-15-16-10-12-18(22)13-11-16/h5-6,9-13,19,23H,2-4,7-8,14-15H2,1H3. The fraction of sp³-hybridized carbons (Fsp3) is 0.429. The smallest absolute Gasteiger partial charge is 0.166 e. The van der Waals surface area contributed by atoms with Gasteiger partial charge in [-0.1, -0.05) is 55.1 Å². The van der Waals surface area contributed by atoms with Crippen LogP contribution in [0.1, 0.15) is 43.2 Å². The molecule has 1 N–H and O–H groups in total. The van der Waals surface area contributed by atoms with Gasteiger partial charge in [0.05, 0.1) is 7.11 Å². The summed E-state index contributed by atoms with van der Waals surface area (Å²) in [6.07, 6.45) is 6.56. The van der Waals surface area contributed by atoms with Gasteiger partial charge in [-0.05, 0) is 36.6 Å². The summed E-state index contributed by atoms with van der Waals surface area (Å²) in [5, 5.41) is 4.42. The predicted octanol–water partition coefficient (Wildman–Crippen LogP) is 5.35. The van der Waals surface area contributed by atoms with Gasteiger partial charge in [-0.15, -0.1) is 0 Å². The predicted molar refractivity (Wildman–Crippen MR) is 102 cm³/mol. The van der Waals surface area contributed by atoms with Gasteiger partial charge in [-0.2, -0.15) is 0 Å². The van der Waals surface area contributed by atoms with Crippen LogP contribution in [0, 0.1) is 0 Å². The van der Waals surface area contributed by atoms with Crippen molar-refractivity contribution >= 4 is 11.6 Å². The van der Waals surface area contributed by atoms with Crippen LogP contribution in [-0.2, 0) is 13.2 Å². The summed E-state index contributed by atoms with van der Waals surface area (Å²) in [5.74, 6) is 1.60.